The predicted octanol–water partition coefficient (Wildman–Crippen LogP) is 0.786. The molecule has 2 N–H and O–H groups in total. The van der Waals surface area contributed by atoms with E-state index in [9.17, 15) is 24.4 Å². The van der Waals surface area contributed by atoms with Crippen molar-refractivity contribution in [2.24, 2.45) is 11.8 Å². The van der Waals surface area contributed by atoms with Gasteiger partial charge in [-0.15, -0.1) is 11.3 Å². The van der Waals surface area contributed by atoms with Crippen molar-refractivity contribution in [3.63, 3.8) is 0 Å². The largest absolute Gasteiger partial charge is 0.609 e. The molecule has 5 atom stereocenters. The molecule has 0 spiro atoms. The highest BCUT2D eigenvalue weighted by Gasteiger charge is 2.60. The topological polar surface area (TPSA) is 118 Å². The maximum absolute atomic E-state index is 12.4. The third-order valence-corrected chi connectivity index (χ3v) is 6.96. The van der Waals surface area contributed by atoms with Gasteiger partial charge in [0.1, 0.15) is 16.8 Å². The number of imidazole rings is 1. The summed E-state index contributed by atoms with van der Waals surface area (Å²) < 4.78 is 13.5. The molecule has 2 aromatic heterocycles. The maximum atomic E-state index is 12.4. The van der Waals surface area contributed by atoms with Crippen molar-refractivity contribution >= 4 is 44.8 Å². The van der Waals surface area contributed by atoms with Gasteiger partial charge in [-0.25, -0.2) is 9.20 Å². The van der Waals surface area contributed by atoms with E-state index in [0.717, 1.165) is 4.83 Å². The number of hydrogen-bond acceptors (Lipinski definition) is 6. The van der Waals surface area contributed by atoms with Crippen LogP contribution >= 0.6 is 11.3 Å². The number of amides is 1. The van der Waals surface area contributed by atoms with Crippen LogP contribution in [0.3, 0.4) is 0 Å². The summed E-state index contributed by atoms with van der Waals surface area (Å²) in [7, 11) is 0. The highest BCUT2D eigenvalue weighted by molar-refractivity contribution is 7.90. The number of aliphatic carboxylic acids is 1. The molecule has 0 bridgehead atoms. The summed E-state index contributed by atoms with van der Waals surface area (Å²) in [6.07, 6.45) is 4.03. The molecule has 1 fully saturated rings. The Morgan fingerprint density at radius 3 is 2.77 bits per heavy atom. The van der Waals surface area contributed by atoms with E-state index in [1.807, 2.05) is 6.92 Å². The van der Waals surface area contributed by atoms with E-state index < -0.39 is 29.2 Å². The van der Waals surface area contributed by atoms with Crippen LogP contribution in [0.2, 0.25) is 0 Å². The lowest BCUT2D eigenvalue weighted by molar-refractivity contribution is -0.163. The first-order valence-corrected chi connectivity index (χ1v) is 10.4. The third-order valence-electron chi connectivity index (χ3n) is 5.09. The molecule has 2 aliphatic rings. The van der Waals surface area contributed by atoms with Gasteiger partial charge in [0, 0.05) is 28.9 Å². The lowest BCUT2D eigenvalue weighted by atomic mass is 9.77. The van der Waals surface area contributed by atoms with Crippen molar-refractivity contribution in [2.45, 2.75) is 31.1 Å². The van der Waals surface area contributed by atoms with E-state index in [4.69, 9.17) is 0 Å². The van der Waals surface area contributed by atoms with Gasteiger partial charge in [-0.3, -0.25) is 4.79 Å². The monoisotopic (exact) mass is 395 g/mol. The second-order valence-electron chi connectivity index (χ2n) is 6.62. The van der Waals surface area contributed by atoms with Crippen LogP contribution in [0, 0.1) is 11.8 Å². The lowest BCUT2D eigenvalue weighted by Gasteiger charge is -2.46. The Kier molecular flexibility index (Phi) is 3.92. The standard InChI is InChI=1S/C16H17N3O5S2/c1-6-10(8-5-18-9(25-8)4-17-16(18)26(3)24)13(15(22)23)19-12(6)11(7(2)20)14(19)21/h4-7,11-12,20H,1-3H3,(H,22,23)/t6-,7+,11+,12+,26?/m0/s1. The Bertz CT molecular complexity index is 960. The highest BCUT2D eigenvalue weighted by atomic mass is 32.2. The second kappa shape index (κ2) is 5.81. The van der Waals surface area contributed by atoms with Gasteiger partial charge in [0.25, 0.3) is 0 Å². The number of aliphatic hydroxyl groups excluding tert-OH is 1. The van der Waals surface area contributed by atoms with Crippen molar-refractivity contribution in [3.05, 3.63) is 23.0 Å². The molecule has 4 rings (SSSR count). The van der Waals surface area contributed by atoms with E-state index in [1.165, 1.54) is 22.5 Å². The maximum Gasteiger partial charge on any atom is 0.352 e. The number of hydrogen-bond donors (Lipinski definition) is 2. The molecule has 1 unspecified atom stereocenters. The van der Waals surface area contributed by atoms with Gasteiger partial charge >= 0.3 is 11.1 Å². The normalized spacial score (nSPS) is 27.7. The second-order valence-corrected chi connectivity index (χ2v) is 8.96. The molecule has 0 aliphatic carbocycles. The van der Waals surface area contributed by atoms with E-state index in [1.54, 1.807) is 23.7 Å². The smallest absolute Gasteiger partial charge is 0.352 e. The predicted molar refractivity (Wildman–Crippen MR) is 94.9 cm³/mol. The minimum Gasteiger partial charge on any atom is -0.609 e. The summed E-state index contributed by atoms with van der Waals surface area (Å²) in [4.78, 5) is 31.2. The first kappa shape index (κ1) is 17.5. The molecule has 26 heavy (non-hydrogen) atoms. The summed E-state index contributed by atoms with van der Waals surface area (Å²) in [6.45, 7) is 3.42. The van der Waals surface area contributed by atoms with Gasteiger partial charge in [-0.1, -0.05) is 6.92 Å². The van der Waals surface area contributed by atoms with Crippen molar-refractivity contribution < 1.29 is 24.4 Å². The van der Waals surface area contributed by atoms with Gasteiger partial charge in [-0.2, -0.15) is 4.98 Å². The fourth-order valence-corrected chi connectivity index (χ4v) is 5.82. The molecule has 0 aromatic carbocycles. The Morgan fingerprint density at radius 2 is 2.19 bits per heavy atom. The molecule has 1 amide bonds. The zero-order valence-electron chi connectivity index (χ0n) is 14.2. The number of aromatic nitrogens is 2. The van der Waals surface area contributed by atoms with Crippen LogP contribution in [-0.2, 0) is 20.8 Å². The number of carboxylic acid groups (broad SMARTS) is 1. The Balaban J connectivity index is 1.85. The summed E-state index contributed by atoms with van der Waals surface area (Å²) in [5.74, 6) is -2.35. The lowest BCUT2D eigenvalue weighted by Crippen LogP contribution is -2.63. The molecule has 2 aromatic rings. The van der Waals surface area contributed by atoms with E-state index in [-0.39, 0.29) is 23.6 Å². The minimum absolute atomic E-state index is 0.0268. The number of carbonyl (C=O) groups is 2. The van der Waals surface area contributed by atoms with Crippen LogP contribution in [0.5, 0.6) is 0 Å². The van der Waals surface area contributed by atoms with Gasteiger partial charge < -0.3 is 19.7 Å². The van der Waals surface area contributed by atoms with E-state index >= 15 is 0 Å². The molecular weight excluding hydrogens is 378 g/mol. The zero-order valence-corrected chi connectivity index (χ0v) is 15.9. The van der Waals surface area contributed by atoms with Crippen LogP contribution in [0.1, 0.15) is 18.7 Å². The number of aliphatic hydroxyl groups is 1. The fraction of sp³-hybridized carbons (Fsp3) is 0.438. The van der Waals surface area contributed by atoms with Gasteiger partial charge in [0.15, 0.2) is 0 Å². The fourth-order valence-electron chi connectivity index (χ4n) is 4.01. The molecule has 0 saturated carbocycles. The van der Waals surface area contributed by atoms with E-state index in [0.29, 0.717) is 15.6 Å². The van der Waals surface area contributed by atoms with E-state index in [2.05, 4.69) is 4.98 Å². The summed E-state index contributed by atoms with van der Waals surface area (Å²) in [6, 6.07) is -0.358. The summed E-state index contributed by atoms with van der Waals surface area (Å²) in [5, 5.41) is 20.0. The first-order valence-electron chi connectivity index (χ1n) is 8.03. The van der Waals surface area contributed by atoms with Crippen molar-refractivity contribution in [3.8, 4) is 0 Å². The average molecular weight is 395 g/mol. The number of carbonyl (C=O) groups excluding carboxylic acids is 1. The molecule has 2 aliphatic heterocycles. The van der Waals surface area contributed by atoms with Gasteiger partial charge in [0.05, 0.1) is 29.1 Å². The quantitative estimate of drug-likeness (QED) is 0.584. The Labute approximate surface area is 155 Å². The number of nitrogens with zero attached hydrogens (tertiary/aromatic N) is 3. The van der Waals surface area contributed by atoms with Crippen molar-refractivity contribution in [1.29, 1.82) is 0 Å². The summed E-state index contributed by atoms with van der Waals surface area (Å²) in [5.41, 5.74) is 0.543. The Hall–Kier alpha value is -1.88. The zero-order chi connectivity index (χ0) is 18.9. The van der Waals surface area contributed by atoms with Gasteiger partial charge in [-0.05, 0) is 6.92 Å². The van der Waals surface area contributed by atoms with Crippen molar-refractivity contribution in [1.82, 2.24) is 14.3 Å². The van der Waals surface area contributed by atoms with Crippen LogP contribution < -0.4 is 0 Å². The number of rotatable bonds is 4. The third kappa shape index (κ3) is 2.19. The molecular formula is C16H17N3O5S2. The molecule has 4 heterocycles. The highest BCUT2D eigenvalue weighted by Crippen LogP contribution is 2.51. The number of β-lactam (4-membered cyclic amide) rings is 1. The van der Waals surface area contributed by atoms with Crippen LogP contribution in [0.15, 0.2) is 23.2 Å². The number of fused-ring (bicyclic) bond motifs is 2. The van der Waals surface area contributed by atoms with Crippen molar-refractivity contribution in [2.75, 3.05) is 6.26 Å². The Morgan fingerprint density at radius 1 is 1.50 bits per heavy atom. The number of carboxylic acids is 1. The molecule has 10 heteroatoms. The molecule has 1 saturated heterocycles. The SMILES string of the molecule is C[C@@H](O)[C@H]1C(=O)N2C(C(=O)O)=C(c3cn4c([S+](C)[O-])ncc4s3)[C@H](C)[C@H]12. The summed E-state index contributed by atoms with van der Waals surface area (Å²) >= 11 is 0.0671. The molecule has 0 radical (unpaired) electrons. The van der Waals surface area contributed by atoms with Crippen LogP contribution in [-0.4, -0.2) is 59.3 Å². The van der Waals surface area contributed by atoms with Crippen LogP contribution in [0.4, 0.5) is 0 Å². The molecule has 138 valence electrons. The van der Waals surface area contributed by atoms with Crippen LogP contribution in [0.25, 0.3) is 10.4 Å². The minimum atomic E-state index is -1.28. The average Bonchev–Trinajstić information content (AvgIpc) is 3.16. The first-order chi connectivity index (χ1) is 12.2. The molecule has 8 nitrogen and oxygen atoms in total. The van der Waals surface area contributed by atoms with Gasteiger partial charge in [0.2, 0.25) is 5.91 Å². The number of thiazole rings is 1.